The molecule has 6 heteroatoms. The Bertz CT molecular complexity index is 783. The van der Waals surface area contributed by atoms with Crippen molar-refractivity contribution in [1.82, 2.24) is 15.8 Å². The molecule has 0 aliphatic heterocycles. The van der Waals surface area contributed by atoms with Crippen LogP contribution in [0.2, 0.25) is 0 Å². The molecular formula is C23H31N3O3. The van der Waals surface area contributed by atoms with Crippen LogP contribution in [0.15, 0.2) is 48.7 Å². The van der Waals surface area contributed by atoms with Gasteiger partial charge in [-0.25, -0.2) is 5.43 Å². The van der Waals surface area contributed by atoms with Gasteiger partial charge in [-0.15, -0.1) is 0 Å². The molecule has 1 amide bonds. The topological polar surface area (TPSA) is 80.3 Å². The molecule has 2 N–H and O–H groups in total. The second-order valence-electron chi connectivity index (χ2n) is 8.14. The van der Waals surface area contributed by atoms with E-state index in [0.717, 1.165) is 16.8 Å². The molecule has 1 aromatic heterocycles. The number of amides is 1. The number of carbonyl (C=O) groups excluding carboxylic acids is 2. The zero-order chi connectivity index (χ0) is 21.3. The summed E-state index contributed by atoms with van der Waals surface area (Å²) in [5.74, 6) is -0.510. The molecular weight excluding hydrogens is 366 g/mol. The van der Waals surface area contributed by atoms with Crippen LogP contribution in [0.1, 0.15) is 45.6 Å². The average Bonchev–Trinajstić information content (AvgIpc) is 2.71. The van der Waals surface area contributed by atoms with Crippen molar-refractivity contribution in [1.29, 1.82) is 0 Å². The van der Waals surface area contributed by atoms with E-state index in [0.29, 0.717) is 25.8 Å². The van der Waals surface area contributed by atoms with Gasteiger partial charge < -0.3 is 4.74 Å². The van der Waals surface area contributed by atoms with Gasteiger partial charge in [0, 0.05) is 30.6 Å². The van der Waals surface area contributed by atoms with Crippen LogP contribution in [-0.2, 0) is 20.9 Å². The molecule has 0 saturated heterocycles. The summed E-state index contributed by atoms with van der Waals surface area (Å²) in [6.45, 7) is 6.62. The van der Waals surface area contributed by atoms with Crippen molar-refractivity contribution in [3.8, 4) is 11.3 Å². The summed E-state index contributed by atoms with van der Waals surface area (Å²) in [7, 11) is 1.38. The van der Waals surface area contributed by atoms with Crippen LogP contribution < -0.4 is 10.9 Å². The number of hydrazine groups is 1. The molecule has 0 spiro atoms. The van der Waals surface area contributed by atoms with Gasteiger partial charge in [-0.1, -0.05) is 51.1 Å². The van der Waals surface area contributed by atoms with Crippen LogP contribution in [0, 0.1) is 11.3 Å². The average molecular weight is 398 g/mol. The SMILES string of the molecule is COC(=O)CCCC(C(=O)NNCc1ccc(-c2ccccn2)cc1)C(C)(C)C. The Labute approximate surface area is 173 Å². The molecule has 0 radical (unpaired) electrons. The second kappa shape index (κ2) is 10.7. The second-order valence-corrected chi connectivity index (χ2v) is 8.14. The Balaban J connectivity index is 1.85. The monoisotopic (exact) mass is 397 g/mol. The van der Waals surface area contributed by atoms with Crippen molar-refractivity contribution in [3.63, 3.8) is 0 Å². The first-order valence-corrected chi connectivity index (χ1v) is 9.91. The van der Waals surface area contributed by atoms with Crippen LogP contribution in [0.25, 0.3) is 11.3 Å². The summed E-state index contributed by atoms with van der Waals surface area (Å²) in [6, 6.07) is 13.9. The highest BCUT2D eigenvalue weighted by Gasteiger charge is 2.30. The molecule has 0 aliphatic carbocycles. The minimum Gasteiger partial charge on any atom is -0.469 e. The van der Waals surface area contributed by atoms with E-state index < -0.39 is 0 Å². The first-order chi connectivity index (χ1) is 13.8. The van der Waals surface area contributed by atoms with Gasteiger partial charge in [-0.3, -0.25) is 20.0 Å². The van der Waals surface area contributed by atoms with Gasteiger partial charge in [0.05, 0.1) is 12.8 Å². The maximum absolute atomic E-state index is 12.7. The lowest BCUT2D eigenvalue weighted by Crippen LogP contribution is -2.44. The number of aromatic nitrogens is 1. The molecule has 2 rings (SSSR count). The van der Waals surface area contributed by atoms with Crippen molar-refractivity contribution in [2.75, 3.05) is 7.11 Å². The number of methoxy groups -OCH3 is 1. The first-order valence-electron chi connectivity index (χ1n) is 9.91. The smallest absolute Gasteiger partial charge is 0.305 e. The van der Waals surface area contributed by atoms with Gasteiger partial charge >= 0.3 is 5.97 Å². The maximum Gasteiger partial charge on any atom is 0.305 e. The largest absolute Gasteiger partial charge is 0.469 e. The number of hydrogen-bond donors (Lipinski definition) is 2. The van der Waals surface area contributed by atoms with Crippen LogP contribution >= 0.6 is 0 Å². The van der Waals surface area contributed by atoms with Crippen LogP contribution in [0.4, 0.5) is 0 Å². The molecule has 1 unspecified atom stereocenters. The molecule has 2 aromatic rings. The summed E-state index contributed by atoms with van der Waals surface area (Å²) in [5, 5.41) is 0. The lowest BCUT2D eigenvalue weighted by molar-refractivity contribution is -0.141. The summed E-state index contributed by atoms with van der Waals surface area (Å²) in [6.07, 6.45) is 3.35. The lowest BCUT2D eigenvalue weighted by atomic mass is 9.77. The van der Waals surface area contributed by atoms with Crippen molar-refractivity contribution in [2.24, 2.45) is 11.3 Å². The molecule has 1 heterocycles. The van der Waals surface area contributed by atoms with E-state index >= 15 is 0 Å². The van der Waals surface area contributed by atoms with E-state index in [2.05, 4.69) is 20.6 Å². The third-order valence-electron chi connectivity index (χ3n) is 4.88. The number of esters is 1. The number of rotatable bonds is 9. The van der Waals surface area contributed by atoms with E-state index in [1.165, 1.54) is 7.11 Å². The number of pyridine rings is 1. The van der Waals surface area contributed by atoms with E-state index in [9.17, 15) is 9.59 Å². The molecule has 0 aliphatic rings. The minimum atomic E-state index is -0.245. The summed E-state index contributed by atoms with van der Waals surface area (Å²) >= 11 is 0. The Hall–Kier alpha value is -2.73. The molecule has 0 saturated carbocycles. The number of hydrogen-bond acceptors (Lipinski definition) is 5. The van der Waals surface area contributed by atoms with Gasteiger partial charge in [-0.05, 0) is 36.0 Å². The van der Waals surface area contributed by atoms with Crippen LogP contribution in [0.3, 0.4) is 0 Å². The van der Waals surface area contributed by atoms with Gasteiger partial charge in [0.1, 0.15) is 0 Å². The Morgan fingerprint density at radius 2 is 1.83 bits per heavy atom. The Morgan fingerprint density at radius 1 is 1.10 bits per heavy atom. The number of nitrogens with one attached hydrogen (secondary N) is 2. The molecule has 0 bridgehead atoms. The normalized spacial score (nSPS) is 12.3. The number of ether oxygens (including phenoxy) is 1. The highest BCUT2D eigenvalue weighted by molar-refractivity contribution is 5.79. The lowest BCUT2D eigenvalue weighted by Gasteiger charge is -2.29. The summed E-state index contributed by atoms with van der Waals surface area (Å²) in [5.41, 5.74) is 8.68. The molecule has 6 nitrogen and oxygen atoms in total. The van der Waals surface area contributed by atoms with Crippen LogP contribution in [-0.4, -0.2) is 24.0 Å². The van der Waals surface area contributed by atoms with Gasteiger partial charge in [0.2, 0.25) is 5.91 Å². The van der Waals surface area contributed by atoms with E-state index in [-0.39, 0.29) is 23.2 Å². The summed E-state index contributed by atoms with van der Waals surface area (Å²) < 4.78 is 4.67. The number of nitrogens with zero attached hydrogens (tertiary/aromatic N) is 1. The fraction of sp³-hybridized carbons (Fsp3) is 0.435. The molecule has 1 aromatic carbocycles. The Morgan fingerprint density at radius 3 is 2.41 bits per heavy atom. The van der Waals surface area contributed by atoms with Gasteiger partial charge in [-0.2, -0.15) is 0 Å². The zero-order valence-corrected chi connectivity index (χ0v) is 17.7. The van der Waals surface area contributed by atoms with Gasteiger partial charge in [0.25, 0.3) is 0 Å². The van der Waals surface area contributed by atoms with E-state index in [4.69, 9.17) is 0 Å². The van der Waals surface area contributed by atoms with Crippen LogP contribution in [0.5, 0.6) is 0 Å². The molecule has 0 fully saturated rings. The van der Waals surface area contributed by atoms with Crippen molar-refractivity contribution >= 4 is 11.9 Å². The number of carbonyl (C=O) groups is 2. The highest BCUT2D eigenvalue weighted by atomic mass is 16.5. The standard InChI is InChI=1S/C23H31N3O3/c1-23(2,3)19(8-7-10-21(27)29-4)22(28)26-25-16-17-11-13-18(14-12-17)20-9-5-6-15-24-20/h5-6,9,11-15,19,25H,7-8,10,16H2,1-4H3,(H,26,28). The van der Waals surface area contributed by atoms with Crippen molar-refractivity contribution < 1.29 is 14.3 Å². The highest BCUT2D eigenvalue weighted by Crippen LogP contribution is 2.30. The fourth-order valence-electron chi connectivity index (χ4n) is 3.16. The van der Waals surface area contributed by atoms with E-state index in [1.54, 1.807) is 6.20 Å². The Kier molecular flexibility index (Phi) is 8.34. The molecule has 29 heavy (non-hydrogen) atoms. The predicted octanol–water partition coefficient (Wildman–Crippen LogP) is 3.88. The quantitative estimate of drug-likeness (QED) is 0.496. The fourth-order valence-corrected chi connectivity index (χ4v) is 3.16. The summed E-state index contributed by atoms with van der Waals surface area (Å²) in [4.78, 5) is 28.3. The minimum absolute atomic E-state index is 0.0625. The van der Waals surface area contributed by atoms with E-state index in [1.807, 2.05) is 63.2 Å². The predicted molar refractivity (Wildman–Crippen MR) is 113 cm³/mol. The van der Waals surface area contributed by atoms with Gasteiger partial charge in [0.15, 0.2) is 0 Å². The first kappa shape index (κ1) is 22.6. The molecule has 156 valence electrons. The maximum atomic E-state index is 12.7. The van der Waals surface area contributed by atoms with Crippen molar-refractivity contribution in [3.05, 3.63) is 54.2 Å². The molecule has 1 atom stereocenters. The third-order valence-corrected chi connectivity index (χ3v) is 4.88. The zero-order valence-electron chi connectivity index (χ0n) is 17.7. The third kappa shape index (κ3) is 7.31. The van der Waals surface area contributed by atoms with Crippen molar-refractivity contribution in [2.45, 2.75) is 46.6 Å². The number of benzene rings is 1.